The Balaban J connectivity index is 2.90. The number of aryl methyl sites for hydroxylation is 1. The van der Waals surface area contributed by atoms with Crippen LogP contribution in [0.5, 0.6) is 0 Å². The van der Waals surface area contributed by atoms with Crippen LogP contribution in [0.2, 0.25) is 0 Å². The van der Waals surface area contributed by atoms with Crippen LogP contribution in [0, 0.1) is 28.4 Å². The fraction of sp³-hybridized carbons (Fsp3) is 0.111. The summed E-state index contributed by atoms with van der Waals surface area (Å²) in [6, 6.07) is 3.50. The predicted octanol–water partition coefficient (Wildman–Crippen LogP) is 1.42. The first-order valence-electron chi connectivity index (χ1n) is 4.16. The number of nitrogens with zero attached hydrogens (tertiary/aromatic N) is 4. The van der Waals surface area contributed by atoms with Crippen LogP contribution in [-0.4, -0.2) is 14.3 Å². The minimum absolute atomic E-state index is 0.0565. The smallest absolute Gasteiger partial charge is 0.285 e. The van der Waals surface area contributed by atoms with E-state index in [1.54, 1.807) is 19.2 Å². The van der Waals surface area contributed by atoms with E-state index in [2.05, 4.69) is 4.98 Å². The van der Waals surface area contributed by atoms with Crippen LogP contribution < -0.4 is 0 Å². The Labute approximate surface area is 84.5 Å². The lowest BCUT2D eigenvalue weighted by Gasteiger charge is -1.99. The molecule has 2 aromatic rings. The molecule has 0 fully saturated rings. The van der Waals surface area contributed by atoms with Gasteiger partial charge in [-0.3, -0.25) is 14.5 Å². The summed E-state index contributed by atoms with van der Waals surface area (Å²) in [5, 5.41) is 19.5. The van der Waals surface area contributed by atoms with Crippen molar-refractivity contribution in [3.8, 4) is 6.07 Å². The van der Waals surface area contributed by atoms with E-state index in [1.807, 2.05) is 6.07 Å². The Morgan fingerprint density at radius 1 is 1.67 bits per heavy atom. The van der Waals surface area contributed by atoms with E-state index < -0.39 is 4.92 Å². The van der Waals surface area contributed by atoms with Crippen molar-refractivity contribution in [2.45, 2.75) is 6.92 Å². The zero-order valence-corrected chi connectivity index (χ0v) is 7.84. The van der Waals surface area contributed by atoms with Crippen LogP contribution in [0.1, 0.15) is 11.3 Å². The van der Waals surface area contributed by atoms with E-state index in [0.717, 1.165) is 0 Å². The summed E-state index contributed by atoms with van der Waals surface area (Å²) in [4.78, 5) is 14.2. The molecule has 0 radical (unpaired) electrons. The molecule has 2 rings (SSSR count). The van der Waals surface area contributed by atoms with Gasteiger partial charge in [-0.1, -0.05) is 0 Å². The third-order valence-corrected chi connectivity index (χ3v) is 2.15. The maximum Gasteiger partial charge on any atom is 0.315 e. The van der Waals surface area contributed by atoms with E-state index in [0.29, 0.717) is 5.56 Å². The molecule has 0 aliphatic heterocycles. The number of fused-ring (bicyclic) bond motifs is 1. The second-order valence-corrected chi connectivity index (χ2v) is 3.05. The molecule has 0 spiro atoms. The topological polar surface area (TPSA) is 84.2 Å². The van der Waals surface area contributed by atoms with Gasteiger partial charge in [0.05, 0.1) is 11.1 Å². The van der Waals surface area contributed by atoms with Crippen LogP contribution in [0.15, 0.2) is 18.5 Å². The van der Waals surface area contributed by atoms with E-state index in [4.69, 9.17) is 5.26 Å². The highest BCUT2D eigenvalue weighted by Gasteiger charge is 2.18. The lowest BCUT2D eigenvalue weighted by atomic mass is 10.2. The molecule has 2 heterocycles. The van der Waals surface area contributed by atoms with Gasteiger partial charge in [-0.25, -0.2) is 4.98 Å². The molecule has 15 heavy (non-hydrogen) atoms. The molecule has 0 atom stereocenters. The average Bonchev–Trinajstić information content (AvgIpc) is 2.59. The zero-order chi connectivity index (χ0) is 11.0. The zero-order valence-electron chi connectivity index (χ0n) is 7.84. The summed E-state index contributed by atoms with van der Waals surface area (Å²) in [5.41, 5.74) is 0.964. The molecule has 6 heteroatoms. The minimum atomic E-state index is -0.487. The fourth-order valence-corrected chi connectivity index (χ4v) is 1.44. The van der Waals surface area contributed by atoms with Crippen LogP contribution >= 0.6 is 0 Å². The first-order valence-corrected chi connectivity index (χ1v) is 4.16. The van der Waals surface area contributed by atoms with Gasteiger partial charge in [0.15, 0.2) is 0 Å². The van der Waals surface area contributed by atoms with Crippen LogP contribution in [0.4, 0.5) is 5.69 Å². The maximum absolute atomic E-state index is 10.8. The van der Waals surface area contributed by atoms with Gasteiger partial charge < -0.3 is 0 Å². The molecular weight excluding hydrogens is 196 g/mol. The highest BCUT2D eigenvalue weighted by Crippen LogP contribution is 2.23. The molecule has 2 aromatic heterocycles. The Morgan fingerprint density at radius 2 is 2.40 bits per heavy atom. The fourth-order valence-electron chi connectivity index (χ4n) is 1.44. The molecule has 74 valence electrons. The Kier molecular flexibility index (Phi) is 1.87. The number of nitro groups is 1. The molecule has 0 saturated carbocycles. The maximum atomic E-state index is 10.8. The molecule has 0 amide bonds. The number of hydrogen-bond donors (Lipinski definition) is 0. The molecule has 0 saturated heterocycles. The highest BCUT2D eigenvalue weighted by molar-refractivity contribution is 5.64. The standard InChI is InChI=1S/C9H6N4O2/c1-6-2-3-12-7(4-10)5-11-9(12)8(6)13(14)15/h2-3,5H,1H3. The highest BCUT2D eigenvalue weighted by atomic mass is 16.6. The van der Waals surface area contributed by atoms with Gasteiger partial charge in [0.25, 0.3) is 0 Å². The summed E-state index contributed by atoms with van der Waals surface area (Å²) in [7, 11) is 0. The monoisotopic (exact) mass is 202 g/mol. The first kappa shape index (κ1) is 9.15. The lowest BCUT2D eigenvalue weighted by molar-refractivity contribution is -0.384. The first-order chi connectivity index (χ1) is 7.15. The summed E-state index contributed by atoms with van der Waals surface area (Å²) in [6.45, 7) is 1.64. The van der Waals surface area contributed by atoms with E-state index in [-0.39, 0.29) is 17.0 Å². The van der Waals surface area contributed by atoms with Crippen molar-refractivity contribution >= 4 is 11.3 Å². The van der Waals surface area contributed by atoms with Crippen molar-refractivity contribution in [3.05, 3.63) is 39.8 Å². The second kappa shape index (κ2) is 3.06. The molecule has 0 aliphatic carbocycles. The Bertz CT molecular complexity index is 594. The van der Waals surface area contributed by atoms with Gasteiger partial charge in [0.2, 0.25) is 5.65 Å². The van der Waals surface area contributed by atoms with E-state index in [9.17, 15) is 10.1 Å². The number of rotatable bonds is 1. The summed E-state index contributed by atoms with van der Waals surface area (Å²) in [5.74, 6) is 0. The molecule has 0 aliphatic rings. The number of hydrogen-bond acceptors (Lipinski definition) is 4. The quantitative estimate of drug-likeness (QED) is 0.517. The van der Waals surface area contributed by atoms with Gasteiger partial charge in [0, 0.05) is 11.8 Å². The molecule has 6 nitrogen and oxygen atoms in total. The summed E-state index contributed by atoms with van der Waals surface area (Å²) >= 11 is 0. The average molecular weight is 202 g/mol. The van der Waals surface area contributed by atoms with Crippen molar-refractivity contribution in [3.63, 3.8) is 0 Å². The van der Waals surface area contributed by atoms with Gasteiger partial charge in [-0.05, 0) is 13.0 Å². The van der Waals surface area contributed by atoms with E-state index >= 15 is 0 Å². The molecule has 0 aromatic carbocycles. The van der Waals surface area contributed by atoms with Crippen molar-refractivity contribution in [1.29, 1.82) is 5.26 Å². The lowest BCUT2D eigenvalue weighted by Crippen LogP contribution is -1.97. The summed E-state index contributed by atoms with van der Waals surface area (Å²) in [6.07, 6.45) is 2.92. The van der Waals surface area contributed by atoms with E-state index in [1.165, 1.54) is 10.6 Å². The van der Waals surface area contributed by atoms with Crippen molar-refractivity contribution in [1.82, 2.24) is 9.38 Å². The second-order valence-electron chi connectivity index (χ2n) is 3.05. The third kappa shape index (κ3) is 1.21. The van der Waals surface area contributed by atoms with Crippen LogP contribution in [0.25, 0.3) is 5.65 Å². The Hall–Kier alpha value is -2.42. The number of nitriles is 1. The predicted molar refractivity (Wildman–Crippen MR) is 51.3 cm³/mol. The normalized spacial score (nSPS) is 10.1. The largest absolute Gasteiger partial charge is 0.315 e. The molecule has 0 bridgehead atoms. The number of aromatic nitrogens is 2. The number of imidazole rings is 1. The molecular formula is C9H6N4O2. The number of pyridine rings is 1. The minimum Gasteiger partial charge on any atom is -0.285 e. The van der Waals surface area contributed by atoms with Gasteiger partial charge in [-0.15, -0.1) is 0 Å². The van der Waals surface area contributed by atoms with Gasteiger partial charge in [0.1, 0.15) is 11.8 Å². The van der Waals surface area contributed by atoms with Crippen molar-refractivity contribution < 1.29 is 4.92 Å². The SMILES string of the molecule is Cc1ccn2c(C#N)cnc2c1[N+](=O)[O-]. The summed E-state index contributed by atoms with van der Waals surface area (Å²) < 4.78 is 1.41. The van der Waals surface area contributed by atoms with Gasteiger partial charge in [-0.2, -0.15) is 5.26 Å². The van der Waals surface area contributed by atoms with Crippen molar-refractivity contribution in [2.75, 3.05) is 0 Å². The van der Waals surface area contributed by atoms with Crippen LogP contribution in [-0.2, 0) is 0 Å². The molecule has 0 unspecified atom stereocenters. The third-order valence-electron chi connectivity index (χ3n) is 2.15. The van der Waals surface area contributed by atoms with Crippen molar-refractivity contribution in [2.24, 2.45) is 0 Å². The van der Waals surface area contributed by atoms with Crippen LogP contribution in [0.3, 0.4) is 0 Å². The molecule has 0 N–H and O–H groups in total. The van der Waals surface area contributed by atoms with Gasteiger partial charge >= 0.3 is 5.69 Å². The Morgan fingerprint density at radius 3 is 3.00 bits per heavy atom.